The number of aliphatic hydroxyl groups excluding tert-OH is 8. The molecule has 0 aromatic carbocycles. The van der Waals surface area contributed by atoms with Gasteiger partial charge in [-0.1, -0.05) is 117 Å². The highest BCUT2D eigenvalue weighted by Crippen LogP contribution is 2.30. The quantitative estimate of drug-likeness (QED) is 0.0461. The van der Waals surface area contributed by atoms with Crippen LogP contribution in [0.25, 0.3) is 0 Å². The zero-order chi connectivity index (χ0) is 41.5. The number of amides is 2. The Morgan fingerprint density at radius 1 is 0.661 bits per heavy atom. The number of hydrogen-bond donors (Lipinski definition) is 10. The van der Waals surface area contributed by atoms with Gasteiger partial charge in [0, 0.05) is 19.9 Å². The minimum absolute atomic E-state index is 0.189. The van der Waals surface area contributed by atoms with E-state index in [4.69, 9.17) is 18.9 Å². The number of ether oxygens (including phenoxy) is 4. The van der Waals surface area contributed by atoms with Crippen LogP contribution in [0.4, 0.5) is 0 Å². The van der Waals surface area contributed by atoms with Crippen LogP contribution in [0.15, 0.2) is 0 Å². The third kappa shape index (κ3) is 18.2. The SMILES string of the molecule is CCCCCCCCCCCCCC[C@@H](O)[C@@H](O)[C@H](CO[C@H]1O[C@H](CNC(C)=O)[C@H](O)[C@H](O)[C@H]1O[C@H]1O[C@H](CO)[C@H](O)[C@H](O)[C@H]1O)NC(=O)CCCCCCC. The fourth-order valence-corrected chi connectivity index (χ4v) is 7.16. The van der Waals surface area contributed by atoms with Crippen molar-refractivity contribution in [1.82, 2.24) is 10.6 Å². The van der Waals surface area contributed by atoms with Gasteiger partial charge in [0.15, 0.2) is 12.6 Å². The van der Waals surface area contributed by atoms with Gasteiger partial charge < -0.3 is 70.4 Å². The van der Waals surface area contributed by atoms with E-state index in [1.54, 1.807) is 0 Å². The van der Waals surface area contributed by atoms with Gasteiger partial charge in [-0.05, 0) is 12.8 Å². The largest absolute Gasteiger partial charge is 0.394 e. The second-order valence-corrected chi connectivity index (χ2v) is 15.7. The van der Waals surface area contributed by atoms with E-state index in [1.807, 2.05) is 0 Å². The average molecular weight is 809 g/mol. The van der Waals surface area contributed by atoms with Crippen LogP contribution >= 0.6 is 0 Å². The molecule has 2 rings (SSSR count). The van der Waals surface area contributed by atoms with Crippen molar-refractivity contribution < 1.29 is 69.4 Å². The molecule has 2 heterocycles. The molecule has 2 aliphatic heterocycles. The van der Waals surface area contributed by atoms with Crippen molar-refractivity contribution in [3.8, 4) is 0 Å². The first-order valence-corrected chi connectivity index (χ1v) is 21.3. The first kappa shape index (κ1) is 50.6. The van der Waals surface area contributed by atoms with Gasteiger partial charge in [0.25, 0.3) is 0 Å². The maximum atomic E-state index is 13.1. The summed E-state index contributed by atoms with van der Waals surface area (Å²) < 4.78 is 23.2. The Morgan fingerprint density at radius 3 is 1.73 bits per heavy atom. The van der Waals surface area contributed by atoms with Gasteiger partial charge in [-0.2, -0.15) is 0 Å². The minimum atomic E-state index is -1.85. The van der Waals surface area contributed by atoms with Crippen molar-refractivity contribution in [3.05, 3.63) is 0 Å². The molecule has 0 spiro atoms. The van der Waals surface area contributed by atoms with E-state index < -0.39 is 98.8 Å². The molecule has 2 fully saturated rings. The lowest BCUT2D eigenvalue weighted by Crippen LogP contribution is -2.65. The normalized spacial score (nSPS) is 29.8. The fourth-order valence-electron chi connectivity index (χ4n) is 7.16. The third-order valence-corrected chi connectivity index (χ3v) is 10.8. The van der Waals surface area contributed by atoms with Crippen LogP contribution < -0.4 is 10.6 Å². The predicted molar refractivity (Wildman–Crippen MR) is 207 cm³/mol. The van der Waals surface area contributed by atoms with Crippen molar-refractivity contribution in [1.29, 1.82) is 0 Å². The predicted octanol–water partition coefficient (Wildman–Crippen LogP) is 1.43. The minimum Gasteiger partial charge on any atom is -0.394 e. The maximum absolute atomic E-state index is 13.1. The smallest absolute Gasteiger partial charge is 0.220 e. The van der Waals surface area contributed by atoms with Crippen molar-refractivity contribution in [2.75, 3.05) is 19.8 Å². The Bertz CT molecular complexity index is 1040. The van der Waals surface area contributed by atoms with Crippen molar-refractivity contribution >= 4 is 11.8 Å². The van der Waals surface area contributed by atoms with Crippen molar-refractivity contribution in [3.63, 3.8) is 0 Å². The fraction of sp³-hybridized carbons (Fsp3) is 0.950. The molecule has 0 bridgehead atoms. The number of carbonyl (C=O) groups is 2. The van der Waals surface area contributed by atoms with Gasteiger partial charge in [0.1, 0.15) is 54.9 Å². The van der Waals surface area contributed by atoms with Gasteiger partial charge in [0.2, 0.25) is 11.8 Å². The number of carbonyl (C=O) groups excluding carboxylic acids is 2. The number of nitrogens with one attached hydrogen (secondary N) is 2. The molecule has 10 N–H and O–H groups in total. The van der Waals surface area contributed by atoms with Crippen LogP contribution in [0, 0.1) is 0 Å². The molecule has 0 aliphatic carbocycles. The Morgan fingerprint density at radius 2 is 1.18 bits per heavy atom. The summed E-state index contributed by atoms with van der Waals surface area (Å²) in [5.41, 5.74) is 0. The maximum Gasteiger partial charge on any atom is 0.220 e. The molecule has 0 aromatic heterocycles. The lowest BCUT2D eigenvalue weighted by molar-refractivity contribution is -0.366. The molecule has 0 aromatic rings. The molecule has 2 aliphatic rings. The summed E-state index contributed by atoms with van der Waals surface area (Å²) in [6, 6.07) is -1.14. The molecule has 330 valence electrons. The number of hydrogen-bond acceptors (Lipinski definition) is 14. The Labute approximate surface area is 333 Å². The lowest BCUT2D eigenvalue weighted by Gasteiger charge is -2.46. The molecule has 16 heteroatoms. The van der Waals surface area contributed by atoms with Crippen LogP contribution in [0.2, 0.25) is 0 Å². The molecule has 0 unspecified atom stereocenters. The van der Waals surface area contributed by atoms with E-state index in [-0.39, 0.29) is 25.3 Å². The Balaban J connectivity index is 2.12. The molecule has 13 atom stereocenters. The highest BCUT2D eigenvalue weighted by Gasteiger charge is 2.51. The molecule has 2 saturated heterocycles. The molecule has 0 saturated carbocycles. The first-order valence-electron chi connectivity index (χ1n) is 21.3. The number of unbranched alkanes of at least 4 members (excludes halogenated alkanes) is 15. The van der Waals surface area contributed by atoms with E-state index in [0.717, 1.165) is 44.9 Å². The van der Waals surface area contributed by atoms with Gasteiger partial charge in [-0.3, -0.25) is 9.59 Å². The van der Waals surface area contributed by atoms with Gasteiger partial charge in [0.05, 0.1) is 25.4 Å². The van der Waals surface area contributed by atoms with Crippen LogP contribution in [0.5, 0.6) is 0 Å². The zero-order valence-electron chi connectivity index (χ0n) is 34.1. The summed E-state index contributed by atoms with van der Waals surface area (Å²) in [4.78, 5) is 24.7. The zero-order valence-corrected chi connectivity index (χ0v) is 34.1. The van der Waals surface area contributed by atoms with Crippen molar-refractivity contribution in [2.24, 2.45) is 0 Å². The van der Waals surface area contributed by atoms with Gasteiger partial charge in [-0.25, -0.2) is 0 Å². The van der Waals surface area contributed by atoms with E-state index in [0.29, 0.717) is 12.8 Å². The summed E-state index contributed by atoms with van der Waals surface area (Å²) in [6.07, 6.45) is -0.0862. The topological polar surface area (TPSA) is 257 Å². The number of rotatable bonds is 30. The summed E-state index contributed by atoms with van der Waals surface area (Å²) in [5.74, 6) is -0.792. The van der Waals surface area contributed by atoms with Crippen LogP contribution in [-0.4, -0.2) is 152 Å². The average Bonchev–Trinajstić information content (AvgIpc) is 3.18. The lowest BCUT2D eigenvalue weighted by atomic mass is 9.96. The van der Waals surface area contributed by atoms with E-state index >= 15 is 0 Å². The van der Waals surface area contributed by atoms with E-state index in [2.05, 4.69) is 24.5 Å². The van der Waals surface area contributed by atoms with Crippen molar-refractivity contribution in [2.45, 2.75) is 222 Å². The molecule has 2 amide bonds. The Kier molecular flexibility index (Phi) is 26.0. The summed E-state index contributed by atoms with van der Waals surface area (Å²) in [7, 11) is 0. The van der Waals surface area contributed by atoms with E-state index in [9.17, 15) is 50.4 Å². The van der Waals surface area contributed by atoms with Gasteiger partial charge in [-0.15, -0.1) is 0 Å². The van der Waals surface area contributed by atoms with Gasteiger partial charge >= 0.3 is 0 Å². The molecular formula is C40H76N2O14. The summed E-state index contributed by atoms with van der Waals surface area (Å²) in [6.45, 7) is 4.14. The summed E-state index contributed by atoms with van der Waals surface area (Å²) >= 11 is 0. The monoisotopic (exact) mass is 809 g/mol. The standard InChI is InChI=1S/C40H76N2O14/c1-4-6-8-10-11-12-13-14-15-16-18-19-21-28(45)32(47)27(42-31(46)22-20-17-9-7-5-2)25-53-40-38(36(51)33(48)29(54-40)23-41-26(3)44)56-39-37(52)35(50)34(49)30(24-43)55-39/h27-30,32-40,43,45,47-52H,4-25H2,1-3H3,(H,41,44)(H,42,46)/t27-,28+,29+,30+,32-,33-,34-,35-,36-,37+,38+,39+,40-/m0/s1. The van der Waals surface area contributed by atoms with Crippen LogP contribution in [0.3, 0.4) is 0 Å². The highest BCUT2D eigenvalue weighted by atomic mass is 16.8. The molecule has 16 nitrogen and oxygen atoms in total. The highest BCUT2D eigenvalue weighted by molar-refractivity contribution is 5.76. The Hall–Kier alpha value is -1.54. The third-order valence-electron chi connectivity index (χ3n) is 10.8. The van der Waals surface area contributed by atoms with E-state index in [1.165, 1.54) is 58.3 Å². The number of aliphatic hydroxyl groups is 8. The summed E-state index contributed by atoms with van der Waals surface area (Å²) in [5, 5.41) is 90.6. The van der Waals surface area contributed by atoms with Crippen LogP contribution in [0.1, 0.15) is 143 Å². The second kappa shape index (κ2) is 28.8. The second-order valence-electron chi connectivity index (χ2n) is 15.7. The molecular weight excluding hydrogens is 732 g/mol. The molecule has 56 heavy (non-hydrogen) atoms. The van der Waals surface area contributed by atoms with Crippen LogP contribution in [-0.2, 0) is 28.5 Å². The molecule has 0 radical (unpaired) electrons. The first-order chi connectivity index (χ1) is 26.9.